The maximum absolute atomic E-state index is 13.3. The molecule has 0 aliphatic carbocycles. The molecule has 8 heteroatoms. The molecule has 172 valence electrons. The van der Waals surface area contributed by atoms with Gasteiger partial charge in [-0.1, -0.05) is 30.3 Å². The molecule has 0 heterocycles. The molecule has 3 amide bonds. The Hall–Kier alpha value is -2.87. The maximum atomic E-state index is 13.3. The standard InChI is InChI=1S/C23H35N3O5/c1-8-13-26(21(29)18(14-27)25-22(30)31-23(5,6)7)19(20(28)24-15(2)3)17-12-10-9-11-16(17)4/h8-12,15,18-19,27H,1,13-14H2,2-7H3,(H,24,28)(H,25,30). The SMILES string of the molecule is C=CCN(C(=O)C(CO)NC(=O)OC(C)(C)C)C(C(=O)NC(C)C)c1ccccc1C. The van der Waals surface area contributed by atoms with Crippen molar-refractivity contribution in [2.45, 2.75) is 65.3 Å². The third-order valence-electron chi connectivity index (χ3n) is 4.25. The molecule has 0 saturated carbocycles. The average molecular weight is 434 g/mol. The van der Waals surface area contributed by atoms with Crippen LogP contribution in [0, 0.1) is 6.92 Å². The van der Waals surface area contributed by atoms with E-state index in [2.05, 4.69) is 17.2 Å². The van der Waals surface area contributed by atoms with Gasteiger partial charge in [-0.3, -0.25) is 9.59 Å². The van der Waals surface area contributed by atoms with E-state index in [9.17, 15) is 19.5 Å². The topological polar surface area (TPSA) is 108 Å². The highest BCUT2D eigenvalue weighted by atomic mass is 16.6. The first-order valence-electron chi connectivity index (χ1n) is 10.3. The predicted molar refractivity (Wildman–Crippen MR) is 119 cm³/mol. The highest BCUT2D eigenvalue weighted by Crippen LogP contribution is 2.25. The number of aliphatic hydroxyl groups excluding tert-OH is 1. The highest BCUT2D eigenvalue weighted by Gasteiger charge is 2.36. The summed E-state index contributed by atoms with van der Waals surface area (Å²) in [5.74, 6) is -0.992. The number of aliphatic hydroxyl groups is 1. The number of hydrogen-bond donors (Lipinski definition) is 3. The summed E-state index contributed by atoms with van der Waals surface area (Å²) in [7, 11) is 0. The second-order valence-corrected chi connectivity index (χ2v) is 8.58. The van der Waals surface area contributed by atoms with Crippen molar-refractivity contribution < 1.29 is 24.2 Å². The van der Waals surface area contributed by atoms with Gasteiger partial charge in [0.05, 0.1) is 6.61 Å². The number of alkyl carbamates (subject to hydrolysis) is 1. The Labute approximate surface area is 184 Å². The molecule has 1 aromatic rings. The van der Waals surface area contributed by atoms with Crippen LogP contribution in [0.2, 0.25) is 0 Å². The molecule has 3 N–H and O–H groups in total. The number of ether oxygens (including phenoxy) is 1. The molecule has 2 unspecified atom stereocenters. The number of carbonyl (C=O) groups excluding carboxylic acids is 3. The Balaban J connectivity index is 3.33. The summed E-state index contributed by atoms with van der Waals surface area (Å²) >= 11 is 0. The molecule has 0 bridgehead atoms. The van der Waals surface area contributed by atoms with Crippen LogP contribution >= 0.6 is 0 Å². The lowest BCUT2D eigenvalue weighted by Gasteiger charge is -2.34. The van der Waals surface area contributed by atoms with Gasteiger partial charge < -0.3 is 25.4 Å². The van der Waals surface area contributed by atoms with Gasteiger partial charge in [0.1, 0.15) is 17.7 Å². The first-order chi connectivity index (χ1) is 14.4. The summed E-state index contributed by atoms with van der Waals surface area (Å²) in [5, 5.41) is 15.1. The van der Waals surface area contributed by atoms with Gasteiger partial charge in [-0.05, 0) is 52.7 Å². The minimum Gasteiger partial charge on any atom is -0.444 e. The second-order valence-electron chi connectivity index (χ2n) is 8.58. The van der Waals surface area contributed by atoms with Crippen LogP contribution < -0.4 is 10.6 Å². The molecule has 31 heavy (non-hydrogen) atoms. The number of carbonyl (C=O) groups is 3. The highest BCUT2D eigenvalue weighted by molar-refractivity contribution is 5.92. The van der Waals surface area contributed by atoms with Crippen molar-refractivity contribution in [3.05, 3.63) is 48.0 Å². The Kier molecular flexibility index (Phi) is 9.71. The van der Waals surface area contributed by atoms with E-state index in [0.717, 1.165) is 5.56 Å². The molecule has 1 aromatic carbocycles. The lowest BCUT2D eigenvalue weighted by atomic mass is 9.98. The van der Waals surface area contributed by atoms with E-state index in [1.165, 1.54) is 11.0 Å². The van der Waals surface area contributed by atoms with Gasteiger partial charge in [-0.25, -0.2) is 4.79 Å². The van der Waals surface area contributed by atoms with Crippen molar-refractivity contribution in [3.63, 3.8) is 0 Å². The molecule has 0 aliphatic heterocycles. The van der Waals surface area contributed by atoms with E-state index in [0.29, 0.717) is 5.56 Å². The fourth-order valence-corrected chi connectivity index (χ4v) is 3.00. The molecular weight excluding hydrogens is 398 g/mol. The molecule has 2 atom stereocenters. The maximum Gasteiger partial charge on any atom is 0.408 e. The zero-order chi connectivity index (χ0) is 23.8. The smallest absolute Gasteiger partial charge is 0.408 e. The van der Waals surface area contributed by atoms with Gasteiger partial charge in [0.25, 0.3) is 0 Å². The van der Waals surface area contributed by atoms with Crippen LogP contribution in [0.1, 0.15) is 51.8 Å². The molecular formula is C23H35N3O5. The van der Waals surface area contributed by atoms with Gasteiger partial charge in [0.2, 0.25) is 11.8 Å². The molecule has 0 aromatic heterocycles. The Morgan fingerprint density at radius 2 is 1.81 bits per heavy atom. The van der Waals surface area contributed by atoms with Gasteiger partial charge in [0, 0.05) is 12.6 Å². The number of nitrogens with one attached hydrogen (secondary N) is 2. The number of hydrogen-bond acceptors (Lipinski definition) is 5. The summed E-state index contributed by atoms with van der Waals surface area (Å²) in [5.41, 5.74) is 0.702. The van der Waals surface area contributed by atoms with Crippen molar-refractivity contribution in [2.75, 3.05) is 13.2 Å². The van der Waals surface area contributed by atoms with Crippen LogP contribution in [-0.4, -0.2) is 58.8 Å². The quantitative estimate of drug-likeness (QED) is 0.519. The summed E-state index contributed by atoms with van der Waals surface area (Å²) in [4.78, 5) is 40.0. The van der Waals surface area contributed by atoms with E-state index >= 15 is 0 Å². The van der Waals surface area contributed by atoms with Crippen molar-refractivity contribution in [2.24, 2.45) is 0 Å². The molecule has 1 rings (SSSR count). The largest absolute Gasteiger partial charge is 0.444 e. The predicted octanol–water partition coefficient (Wildman–Crippen LogP) is 2.46. The second kappa shape index (κ2) is 11.5. The van der Waals surface area contributed by atoms with E-state index in [-0.39, 0.29) is 18.5 Å². The first-order valence-corrected chi connectivity index (χ1v) is 10.3. The summed E-state index contributed by atoms with van der Waals surface area (Å²) in [6.45, 7) is 13.7. The zero-order valence-corrected chi connectivity index (χ0v) is 19.3. The van der Waals surface area contributed by atoms with E-state index in [1.807, 2.05) is 32.9 Å². The average Bonchev–Trinajstić information content (AvgIpc) is 2.64. The van der Waals surface area contributed by atoms with Crippen molar-refractivity contribution in [1.82, 2.24) is 15.5 Å². The lowest BCUT2D eigenvalue weighted by molar-refractivity contribution is -0.142. The van der Waals surface area contributed by atoms with Crippen LogP contribution in [0.15, 0.2) is 36.9 Å². The van der Waals surface area contributed by atoms with E-state index < -0.39 is 36.3 Å². The van der Waals surface area contributed by atoms with E-state index in [1.54, 1.807) is 32.9 Å². The third-order valence-corrected chi connectivity index (χ3v) is 4.25. The number of rotatable bonds is 9. The van der Waals surface area contributed by atoms with E-state index in [4.69, 9.17) is 4.74 Å². The third kappa shape index (κ3) is 8.05. The Morgan fingerprint density at radius 3 is 2.29 bits per heavy atom. The number of amides is 3. The van der Waals surface area contributed by atoms with Crippen LogP contribution in [0.4, 0.5) is 4.79 Å². The van der Waals surface area contributed by atoms with Gasteiger partial charge in [0.15, 0.2) is 0 Å². The molecule has 0 radical (unpaired) electrons. The molecule has 0 aliphatic rings. The molecule has 0 saturated heterocycles. The normalized spacial score (nSPS) is 13.2. The van der Waals surface area contributed by atoms with Gasteiger partial charge in [-0.2, -0.15) is 0 Å². The van der Waals surface area contributed by atoms with Gasteiger partial charge >= 0.3 is 6.09 Å². The number of nitrogens with zero attached hydrogens (tertiary/aromatic N) is 1. The molecule has 0 fully saturated rings. The molecule has 0 spiro atoms. The van der Waals surface area contributed by atoms with Crippen LogP contribution in [0.25, 0.3) is 0 Å². The van der Waals surface area contributed by atoms with Crippen LogP contribution in [0.3, 0.4) is 0 Å². The van der Waals surface area contributed by atoms with Crippen molar-refractivity contribution in [1.29, 1.82) is 0 Å². The first kappa shape index (κ1) is 26.2. The Bertz CT molecular complexity index is 786. The van der Waals surface area contributed by atoms with Crippen LogP contribution in [-0.2, 0) is 14.3 Å². The van der Waals surface area contributed by atoms with Crippen molar-refractivity contribution >= 4 is 17.9 Å². The number of benzene rings is 1. The summed E-state index contributed by atoms with van der Waals surface area (Å²) in [6, 6.07) is 4.86. The fraction of sp³-hybridized carbons (Fsp3) is 0.522. The van der Waals surface area contributed by atoms with Gasteiger partial charge in [-0.15, -0.1) is 6.58 Å². The van der Waals surface area contributed by atoms with Crippen LogP contribution in [0.5, 0.6) is 0 Å². The number of aryl methyl sites for hydroxylation is 1. The minimum absolute atomic E-state index is 0.0375. The van der Waals surface area contributed by atoms with Crippen molar-refractivity contribution in [3.8, 4) is 0 Å². The summed E-state index contributed by atoms with van der Waals surface area (Å²) in [6.07, 6.45) is 0.658. The fourth-order valence-electron chi connectivity index (χ4n) is 3.00. The summed E-state index contributed by atoms with van der Waals surface area (Å²) < 4.78 is 5.19. The monoisotopic (exact) mass is 433 g/mol. The lowest BCUT2D eigenvalue weighted by Crippen LogP contribution is -2.54. The Morgan fingerprint density at radius 1 is 1.19 bits per heavy atom. The minimum atomic E-state index is -1.28. The molecule has 8 nitrogen and oxygen atoms in total. The zero-order valence-electron chi connectivity index (χ0n) is 19.3.